The van der Waals surface area contributed by atoms with E-state index in [0.29, 0.717) is 19.3 Å². The van der Waals surface area contributed by atoms with E-state index >= 15 is 0 Å². The highest BCUT2D eigenvalue weighted by Crippen LogP contribution is 2.32. The van der Waals surface area contributed by atoms with Crippen LogP contribution in [0.3, 0.4) is 0 Å². The minimum absolute atomic E-state index is 0.120. The zero-order chi connectivity index (χ0) is 13.9. The predicted octanol–water partition coefficient (Wildman–Crippen LogP) is 3.42. The third kappa shape index (κ3) is 3.47. The second-order valence-corrected chi connectivity index (χ2v) is 4.28. The maximum absolute atomic E-state index is 12.5. The van der Waals surface area contributed by atoms with Crippen molar-refractivity contribution >= 4 is 6.29 Å². The zero-order valence-electron chi connectivity index (χ0n) is 10.1. The Kier molecular flexibility index (Phi) is 4.09. The summed E-state index contributed by atoms with van der Waals surface area (Å²) in [5.74, 6) is 0.120. The Morgan fingerprint density at radius 3 is 2.68 bits per heavy atom. The first kappa shape index (κ1) is 13.9. The normalized spacial score (nSPS) is 20.1. The molecule has 3 nitrogen and oxygen atoms in total. The Bertz CT molecular complexity index is 451. The number of benzene rings is 1. The Balaban J connectivity index is 2.18. The number of aldehydes is 1. The zero-order valence-corrected chi connectivity index (χ0v) is 10.1. The van der Waals surface area contributed by atoms with Crippen LogP contribution in [-0.2, 0) is 10.9 Å². The molecule has 1 heterocycles. The summed E-state index contributed by atoms with van der Waals surface area (Å²) in [5.41, 5.74) is -0.990. The fourth-order valence-corrected chi connectivity index (χ4v) is 1.87. The van der Waals surface area contributed by atoms with Crippen LogP contribution in [-0.4, -0.2) is 19.2 Å². The first-order chi connectivity index (χ1) is 9.00. The molecule has 0 aromatic heterocycles. The van der Waals surface area contributed by atoms with E-state index in [1.807, 2.05) is 0 Å². The molecule has 1 fully saturated rings. The van der Waals surface area contributed by atoms with Gasteiger partial charge in [-0.05, 0) is 31.0 Å². The van der Waals surface area contributed by atoms with Crippen molar-refractivity contribution in [2.75, 3.05) is 6.61 Å². The maximum atomic E-state index is 12.5. The monoisotopic (exact) mass is 274 g/mol. The van der Waals surface area contributed by atoms with Gasteiger partial charge in [0.25, 0.3) is 0 Å². The molecule has 1 saturated heterocycles. The number of carbonyl (C=O) groups excluding carboxylic acids is 1. The molecule has 1 aliphatic heterocycles. The molecule has 19 heavy (non-hydrogen) atoms. The van der Waals surface area contributed by atoms with Crippen molar-refractivity contribution in [3.05, 3.63) is 29.3 Å². The van der Waals surface area contributed by atoms with Gasteiger partial charge < -0.3 is 9.47 Å². The molecule has 0 saturated carbocycles. The Labute approximate surface area is 108 Å². The standard InChI is InChI=1S/C13H13F3O3/c14-13(15,16)10-4-5-11(9(7-10)8-17)19-12-3-1-2-6-18-12/h4-5,7-8,12H,1-3,6H2. The molecule has 0 bridgehead atoms. The number of alkyl halides is 3. The second kappa shape index (κ2) is 5.61. The first-order valence-electron chi connectivity index (χ1n) is 5.95. The van der Waals surface area contributed by atoms with Crippen LogP contribution in [0.4, 0.5) is 13.2 Å². The van der Waals surface area contributed by atoms with Gasteiger partial charge in [-0.25, -0.2) is 0 Å². The predicted molar refractivity (Wildman–Crippen MR) is 61.1 cm³/mol. The van der Waals surface area contributed by atoms with E-state index in [1.54, 1.807) is 0 Å². The fourth-order valence-electron chi connectivity index (χ4n) is 1.87. The molecular formula is C13H13F3O3. The number of hydrogen-bond donors (Lipinski definition) is 0. The number of ether oxygens (including phenoxy) is 2. The molecule has 1 unspecified atom stereocenters. The van der Waals surface area contributed by atoms with Gasteiger partial charge in [0.05, 0.1) is 17.7 Å². The van der Waals surface area contributed by atoms with Crippen LogP contribution in [0.25, 0.3) is 0 Å². The van der Waals surface area contributed by atoms with Crippen molar-refractivity contribution in [1.29, 1.82) is 0 Å². The summed E-state index contributed by atoms with van der Waals surface area (Å²) in [6.45, 7) is 0.557. The van der Waals surface area contributed by atoms with E-state index in [2.05, 4.69) is 0 Å². The summed E-state index contributed by atoms with van der Waals surface area (Å²) in [6, 6.07) is 2.83. The molecule has 0 N–H and O–H groups in total. The van der Waals surface area contributed by atoms with Crippen molar-refractivity contribution in [1.82, 2.24) is 0 Å². The largest absolute Gasteiger partial charge is 0.464 e. The Morgan fingerprint density at radius 1 is 1.32 bits per heavy atom. The SMILES string of the molecule is O=Cc1cc(C(F)(F)F)ccc1OC1CCCCO1. The van der Waals surface area contributed by atoms with Crippen LogP contribution in [0, 0.1) is 0 Å². The van der Waals surface area contributed by atoms with Gasteiger partial charge in [0.15, 0.2) is 12.6 Å². The summed E-state index contributed by atoms with van der Waals surface area (Å²) in [7, 11) is 0. The van der Waals surface area contributed by atoms with Crippen LogP contribution >= 0.6 is 0 Å². The van der Waals surface area contributed by atoms with E-state index in [-0.39, 0.29) is 11.3 Å². The van der Waals surface area contributed by atoms with Crippen molar-refractivity contribution in [3.63, 3.8) is 0 Å². The molecule has 1 atom stereocenters. The van der Waals surface area contributed by atoms with Crippen molar-refractivity contribution in [2.45, 2.75) is 31.7 Å². The van der Waals surface area contributed by atoms with Gasteiger partial charge in [-0.15, -0.1) is 0 Å². The Hall–Kier alpha value is -1.56. The van der Waals surface area contributed by atoms with E-state index in [9.17, 15) is 18.0 Å². The van der Waals surface area contributed by atoms with E-state index < -0.39 is 18.0 Å². The van der Waals surface area contributed by atoms with E-state index in [0.717, 1.165) is 31.0 Å². The number of carbonyl (C=O) groups is 1. The lowest BCUT2D eigenvalue weighted by Gasteiger charge is -2.24. The third-order valence-corrected chi connectivity index (χ3v) is 2.86. The number of halogens is 3. The van der Waals surface area contributed by atoms with E-state index in [4.69, 9.17) is 9.47 Å². The summed E-state index contributed by atoms with van der Waals surface area (Å²) in [5, 5.41) is 0. The van der Waals surface area contributed by atoms with Gasteiger partial charge in [0.1, 0.15) is 5.75 Å². The van der Waals surface area contributed by atoms with Crippen molar-refractivity contribution < 1.29 is 27.4 Å². The summed E-state index contributed by atoms with van der Waals surface area (Å²) < 4.78 is 48.3. The lowest BCUT2D eigenvalue weighted by Crippen LogP contribution is -2.25. The van der Waals surface area contributed by atoms with Crippen LogP contribution < -0.4 is 4.74 Å². The van der Waals surface area contributed by atoms with Crippen LogP contribution in [0.2, 0.25) is 0 Å². The quantitative estimate of drug-likeness (QED) is 0.792. The highest BCUT2D eigenvalue weighted by molar-refractivity contribution is 5.79. The summed E-state index contributed by atoms with van der Waals surface area (Å²) in [6.07, 6.45) is -2.08. The van der Waals surface area contributed by atoms with Gasteiger partial charge in [-0.1, -0.05) is 0 Å². The van der Waals surface area contributed by atoms with Gasteiger partial charge in [-0.3, -0.25) is 4.79 Å². The maximum Gasteiger partial charge on any atom is 0.416 e. The summed E-state index contributed by atoms with van der Waals surface area (Å²) >= 11 is 0. The molecule has 1 aromatic carbocycles. The highest BCUT2D eigenvalue weighted by atomic mass is 19.4. The molecule has 6 heteroatoms. The molecule has 0 aliphatic carbocycles. The average molecular weight is 274 g/mol. The molecule has 1 aliphatic rings. The van der Waals surface area contributed by atoms with Gasteiger partial charge >= 0.3 is 6.18 Å². The topological polar surface area (TPSA) is 35.5 Å². The average Bonchev–Trinajstić information content (AvgIpc) is 2.39. The lowest BCUT2D eigenvalue weighted by atomic mass is 10.1. The molecule has 0 spiro atoms. The minimum Gasteiger partial charge on any atom is -0.464 e. The highest BCUT2D eigenvalue weighted by Gasteiger charge is 2.31. The van der Waals surface area contributed by atoms with Crippen LogP contribution in [0.15, 0.2) is 18.2 Å². The van der Waals surface area contributed by atoms with Crippen LogP contribution in [0.1, 0.15) is 35.2 Å². The molecule has 2 rings (SSSR count). The second-order valence-electron chi connectivity index (χ2n) is 4.28. The minimum atomic E-state index is -4.47. The molecule has 1 aromatic rings. The smallest absolute Gasteiger partial charge is 0.416 e. The van der Waals surface area contributed by atoms with E-state index in [1.165, 1.54) is 0 Å². The van der Waals surface area contributed by atoms with Crippen LogP contribution in [0.5, 0.6) is 5.75 Å². The van der Waals surface area contributed by atoms with Gasteiger partial charge in [0, 0.05) is 6.42 Å². The molecular weight excluding hydrogens is 261 g/mol. The van der Waals surface area contributed by atoms with Gasteiger partial charge in [-0.2, -0.15) is 13.2 Å². The lowest BCUT2D eigenvalue weighted by molar-refractivity contribution is -0.137. The number of hydrogen-bond acceptors (Lipinski definition) is 3. The molecule has 0 radical (unpaired) electrons. The van der Waals surface area contributed by atoms with Crippen molar-refractivity contribution in [2.24, 2.45) is 0 Å². The molecule has 104 valence electrons. The molecule has 0 amide bonds. The first-order valence-corrected chi connectivity index (χ1v) is 5.95. The Morgan fingerprint density at radius 2 is 2.11 bits per heavy atom. The summed E-state index contributed by atoms with van der Waals surface area (Å²) in [4.78, 5) is 10.9. The third-order valence-electron chi connectivity index (χ3n) is 2.86. The van der Waals surface area contributed by atoms with Crippen molar-refractivity contribution in [3.8, 4) is 5.75 Å². The fraction of sp³-hybridized carbons (Fsp3) is 0.462. The number of rotatable bonds is 3. The van der Waals surface area contributed by atoms with Gasteiger partial charge in [0.2, 0.25) is 0 Å².